The predicted octanol–water partition coefficient (Wildman–Crippen LogP) is 3.05. The number of nitrogens with one attached hydrogen (secondary N) is 2. The summed E-state index contributed by atoms with van der Waals surface area (Å²) in [5, 5.41) is 26.0. The fraction of sp³-hybridized carbons (Fsp3) is 0.850. The molecule has 3 N–H and O–H groups in total. The Bertz CT molecular complexity index is 643. The maximum atomic E-state index is 10.5. The monoisotopic (exact) mass is 504 g/mol. The largest absolute Gasteiger partial charge is 0.392 e. The summed E-state index contributed by atoms with van der Waals surface area (Å²) < 4.78 is 1.98. The van der Waals surface area contributed by atoms with Crippen LogP contribution in [0.5, 0.6) is 0 Å². The molecule has 0 bridgehead atoms. The van der Waals surface area contributed by atoms with Crippen molar-refractivity contribution in [3.63, 3.8) is 0 Å². The quantitative estimate of drug-likeness (QED) is 0.326. The van der Waals surface area contributed by atoms with Crippen molar-refractivity contribution in [1.82, 2.24) is 25.4 Å². The molecule has 2 atom stereocenters. The van der Waals surface area contributed by atoms with Gasteiger partial charge in [0.15, 0.2) is 11.8 Å². The van der Waals surface area contributed by atoms with Crippen LogP contribution < -0.4 is 10.6 Å². The van der Waals surface area contributed by atoms with Gasteiger partial charge in [-0.1, -0.05) is 39.0 Å². The molecule has 0 saturated heterocycles. The Morgan fingerprint density at radius 1 is 1.18 bits per heavy atom. The van der Waals surface area contributed by atoms with E-state index in [1.165, 1.54) is 38.5 Å². The third-order valence-corrected chi connectivity index (χ3v) is 6.45. The van der Waals surface area contributed by atoms with Gasteiger partial charge in [0.25, 0.3) is 0 Å². The predicted molar refractivity (Wildman–Crippen MR) is 123 cm³/mol. The molecule has 2 saturated carbocycles. The van der Waals surface area contributed by atoms with Gasteiger partial charge in [-0.25, -0.2) is 4.99 Å². The smallest absolute Gasteiger partial charge is 0.191 e. The van der Waals surface area contributed by atoms with Crippen LogP contribution in [-0.4, -0.2) is 44.5 Å². The van der Waals surface area contributed by atoms with Crippen molar-refractivity contribution >= 4 is 29.9 Å². The Morgan fingerprint density at radius 2 is 1.89 bits per heavy atom. The van der Waals surface area contributed by atoms with Crippen molar-refractivity contribution in [1.29, 1.82) is 0 Å². The fourth-order valence-corrected chi connectivity index (χ4v) is 4.20. The second-order valence-electron chi connectivity index (χ2n) is 8.64. The lowest BCUT2D eigenvalue weighted by Gasteiger charge is -2.39. The topological polar surface area (TPSA) is 87.4 Å². The molecule has 2 fully saturated rings. The van der Waals surface area contributed by atoms with Gasteiger partial charge in [0.2, 0.25) is 0 Å². The summed E-state index contributed by atoms with van der Waals surface area (Å²) in [7, 11) is 1.97. The Hall–Kier alpha value is -0.900. The first-order chi connectivity index (χ1) is 13.0. The molecule has 2 unspecified atom stereocenters. The highest BCUT2D eigenvalue weighted by atomic mass is 127. The number of hydrogen-bond donors (Lipinski definition) is 3. The minimum absolute atomic E-state index is 0. The highest BCUT2D eigenvalue weighted by molar-refractivity contribution is 14.0. The van der Waals surface area contributed by atoms with Crippen LogP contribution in [0.15, 0.2) is 4.99 Å². The van der Waals surface area contributed by atoms with Crippen LogP contribution in [0.25, 0.3) is 0 Å². The molecular formula is C20H37IN6O. The zero-order valence-electron chi connectivity index (χ0n) is 17.6. The number of hydrogen-bond acceptors (Lipinski definition) is 4. The van der Waals surface area contributed by atoms with E-state index in [0.29, 0.717) is 12.6 Å². The molecule has 1 heterocycles. The number of aliphatic hydroxyl groups is 1. The van der Waals surface area contributed by atoms with Crippen LogP contribution in [0.1, 0.15) is 76.4 Å². The summed E-state index contributed by atoms with van der Waals surface area (Å²) in [6.45, 7) is 5.38. The lowest BCUT2D eigenvalue weighted by Crippen LogP contribution is -2.50. The lowest BCUT2D eigenvalue weighted by molar-refractivity contribution is 0.00393. The van der Waals surface area contributed by atoms with Crippen LogP contribution in [0, 0.1) is 12.3 Å². The van der Waals surface area contributed by atoms with E-state index in [9.17, 15) is 5.11 Å². The van der Waals surface area contributed by atoms with E-state index in [4.69, 9.17) is 4.99 Å². The summed E-state index contributed by atoms with van der Waals surface area (Å²) >= 11 is 0. The molecule has 0 aromatic carbocycles. The normalized spacial score (nSPS) is 26.6. The Labute approximate surface area is 186 Å². The maximum Gasteiger partial charge on any atom is 0.191 e. The minimum Gasteiger partial charge on any atom is -0.392 e. The molecule has 2 aliphatic rings. The highest BCUT2D eigenvalue weighted by Crippen LogP contribution is 2.35. The average molecular weight is 504 g/mol. The molecule has 1 aromatic rings. The Balaban J connectivity index is 0.00000280. The van der Waals surface area contributed by atoms with Gasteiger partial charge in [-0.3, -0.25) is 0 Å². The number of aromatic nitrogens is 3. The molecule has 8 heteroatoms. The number of aliphatic imine (C=N–C) groups is 1. The maximum absolute atomic E-state index is 10.5. The first-order valence-corrected chi connectivity index (χ1v) is 10.6. The van der Waals surface area contributed by atoms with Crippen molar-refractivity contribution in [2.24, 2.45) is 17.5 Å². The van der Waals surface area contributed by atoms with Crippen LogP contribution in [0.4, 0.5) is 0 Å². The summed E-state index contributed by atoms with van der Waals surface area (Å²) in [4.78, 5) is 4.79. The number of aliphatic hydroxyl groups excluding tert-OH is 1. The third kappa shape index (κ3) is 6.05. The zero-order valence-corrected chi connectivity index (χ0v) is 19.9. The molecule has 2 aliphatic carbocycles. The van der Waals surface area contributed by atoms with Gasteiger partial charge in [0.05, 0.1) is 6.10 Å². The molecule has 0 aliphatic heterocycles. The van der Waals surface area contributed by atoms with Crippen LogP contribution >= 0.6 is 24.0 Å². The number of nitrogens with zero attached hydrogens (tertiary/aromatic N) is 4. The fourth-order valence-electron chi connectivity index (χ4n) is 4.20. The van der Waals surface area contributed by atoms with E-state index in [0.717, 1.165) is 43.4 Å². The number of guanidine groups is 1. The molecule has 0 spiro atoms. The van der Waals surface area contributed by atoms with Crippen molar-refractivity contribution in [3.05, 3.63) is 11.6 Å². The second kappa shape index (κ2) is 10.8. The SMILES string of the molecule is Cc1nnc(CN=C(NCC2(C)CCCCC2O)NC2CCCCC2)n1C.I. The summed E-state index contributed by atoms with van der Waals surface area (Å²) in [6.07, 6.45) is 10.3. The second-order valence-corrected chi connectivity index (χ2v) is 8.64. The third-order valence-electron chi connectivity index (χ3n) is 6.45. The molecule has 3 rings (SSSR count). The standard InChI is InChI=1S/C20H36N6O.HI/c1-15-24-25-18(26(15)3)13-21-19(23-16-9-5-4-6-10-16)22-14-20(2)12-8-7-11-17(20)27;/h16-17,27H,4-14H2,1-3H3,(H2,21,22,23);1H. The molecule has 0 radical (unpaired) electrons. The molecule has 160 valence electrons. The number of aryl methyl sites for hydroxylation is 1. The van der Waals surface area contributed by atoms with Crippen molar-refractivity contribution < 1.29 is 5.11 Å². The van der Waals surface area contributed by atoms with Gasteiger partial charge < -0.3 is 20.3 Å². The Kier molecular flexibility index (Phi) is 8.98. The number of halogens is 1. The van der Waals surface area contributed by atoms with E-state index in [1.54, 1.807) is 0 Å². The molecule has 7 nitrogen and oxygen atoms in total. The first kappa shape index (κ1) is 23.4. The van der Waals surface area contributed by atoms with Gasteiger partial charge >= 0.3 is 0 Å². The van der Waals surface area contributed by atoms with Gasteiger partial charge in [0.1, 0.15) is 12.4 Å². The lowest BCUT2D eigenvalue weighted by atomic mass is 9.73. The first-order valence-electron chi connectivity index (χ1n) is 10.6. The highest BCUT2D eigenvalue weighted by Gasteiger charge is 2.35. The van der Waals surface area contributed by atoms with E-state index in [-0.39, 0.29) is 35.5 Å². The number of rotatable bonds is 5. The van der Waals surface area contributed by atoms with E-state index >= 15 is 0 Å². The summed E-state index contributed by atoms with van der Waals surface area (Å²) in [5.41, 5.74) is -0.0887. The zero-order chi connectivity index (χ0) is 19.3. The molecule has 0 amide bonds. The van der Waals surface area contributed by atoms with Gasteiger partial charge in [-0.15, -0.1) is 34.2 Å². The van der Waals surface area contributed by atoms with Crippen LogP contribution in [-0.2, 0) is 13.6 Å². The minimum atomic E-state index is -0.240. The van der Waals surface area contributed by atoms with E-state index in [2.05, 4.69) is 27.8 Å². The van der Waals surface area contributed by atoms with Crippen molar-refractivity contribution in [2.75, 3.05) is 6.54 Å². The molecular weight excluding hydrogens is 467 g/mol. The van der Waals surface area contributed by atoms with Crippen LogP contribution in [0.2, 0.25) is 0 Å². The van der Waals surface area contributed by atoms with E-state index < -0.39 is 0 Å². The van der Waals surface area contributed by atoms with E-state index in [1.807, 2.05) is 18.5 Å². The van der Waals surface area contributed by atoms with Crippen molar-refractivity contribution in [2.45, 2.75) is 90.3 Å². The van der Waals surface area contributed by atoms with Crippen molar-refractivity contribution in [3.8, 4) is 0 Å². The summed E-state index contributed by atoms with van der Waals surface area (Å²) in [5.74, 6) is 2.59. The summed E-state index contributed by atoms with van der Waals surface area (Å²) in [6, 6.07) is 0.482. The average Bonchev–Trinajstić information content (AvgIpc) is 2.99. The molecule has 1 aromatic heterocycles. The van der Waals surface area contributed by atoms with Crippen LogP contribution in [0.3, 0.4) is 0 Å². The van der Waals surface area contributed by atoms with Gasteiger partial charge in [-0.05, 0) is 32.6 Å². The van der Waals surface area contributed by atoms with Gasteiger partial charge in [-0.2, -0.15) is 0 Å². The molecule has 28 heavy (non-hydrogen) atoms. The Morgan fingerprint density at radius 3 is 2.54 bits per heavy atom. The van der Waals surface area contributed by atoms with Gasteiger partial charge in [0, 0.05) is 25.0 Å².